The van der Waals surface area contributed by atoms with Crippen molar-refractivity contribution < 1.29 is 8.83 Å². The van der Waals surface area contributed by atoms with Crippen molar-refractivity contribution in [2.45, 2.75) is 45.6 Å². The Labute approximate surface area is 172 Å². The van der Waals surface area contributed by atoms with Crippen molar-refractivity contribution in [3.63, 3.8) is 0 Å². The van der Waals surface area contributed by atoms with Crippen LogP contribution in [0.25, 0.3) is 0 Å². The molecule has 0 saturated heterocycles. The summed E-state index contributed by atoms with van der Waals surface area (Å²) in [6.07, 6.45) is 5.20. The summed E-state index contributed by atoms with van der Waals surface area (Å²) in [4.78, 5) is 9.01. The first-order valence-corrected chi connectivity index (χ1v) is 10.0. The Bertz CT molecular complexity index is 877. The van der Waals surface area contributed by atoms with Gasteiger partial charge in [-0.05, 0) is 24.1 Å². The third-order valence-corrected chi connectivity index (χ3v) is 4.46. The molecular formula is C23H30N4O2. The Morgan fingerprint density at radius 2 is 1.76 bits per heavy atom. The minimum atomic E-state index is -0.0625. The number of hydrogen-bond donors (Lipinski definition) is 2. The lowest BCUT2D eigenvalue weighted by atomic mass is 9.94. The van der Waals surface area contributed by atoms with Gasteiger partial charge in [0.25, 0.3) is 0 Å². The Hall–Kier alpha value is -3.02. The predicted molar refractivity (Wildman–Crippen MR) is 115 cm³/mol. The maximum atomic E-state index is 5.85. The minimum absolute atomic E-state index is 0.0625. The highest BCUT2D eigenvalue weighted by Crippen LogP contribution is 2.22. The Balaban J connectivity index is 1.57. The lowest BCUT2D eigenvalue weighted by molar-refractivity contribution is 0.383. The third kappa shape index (κ3) is 6.82. The molecular weight excluding hydrogens is 364 g/mol. The van der Waals surface area contributed by atoms with Gasteiger partial charge in [-0.3, -0.25) is 0 Å². The molecule has 1 aromatic carbocycles. The molecule has 0 aliphatic rings. The molecule has 6 heteroatoms. The summed E-state index contributed by atoms with van der Waals surface area (Å²) in [7, 11) is 0. The second-order valence-electron chi connectivity index (χ2n) is 7.95. The first-order chi connectivity index (χ1) is 14.0. The number of aliphatic imine (C=N–C) groups is 1. The molecule has 0 unspecified atom stereocenters. The fraction of sp³-hybridized carbons (Fsp3) is 0.391. The van der Waals surface area contributed by atoms with Crippen LogP contribution in [0.1, 0.15) is 43.7 Å². The zero-order chi connectivity index (χ0) is 20.5. The Morgan fingerprint density at radius 3 is 2.41 bits per heavy atom. The molecule has 2 heterocycles. The second-order valence-corrected chi connectivity index (χ2v) is 7.95. The highest BCUT2D eigenvalue weighted by molar-refractivity contribution is 5.79. The maximum absolute atomic E-state index is 5.85. The van der Waals surface area contributed by atoms with Gasteiger partial charge in [-0.2, -0.15) is 0 Å². The van der Waals surface area contributed by atoms with Gasteiger partial charge in [-0.15, -0.1) is 0 Å². The van der Waals surface area contributed by atoms with Crippen molar-refractivity contribution in [3.8, 4) is 0 Å². The summed E-state index contributed by atoms with van der Waals surface area (Å²) in [5, 5.41) is 6.76. The summed E-state index contributed by atoms with van der Waals surface area (Å²) >= 11 is 0. The first-order valence-electron chi connectivity index (χ1n) is 10.0. The van der Waals surface area contributed by atoms with E-state index in [-0.39, 0.29) is 5.41 Å². The van der Waals surface area contributed by atoms with Gasteiger partial charge in [0.05, 0.1) is 12.5 Å². The average Bonchev–Trinajstić information content (AvgIpc) is 3.38. The van der Waals surface area contributed by atoms with E-state index in [1.165, 1.54) is 5.56 Å². The summed E-state index contributed by atoms with van der Waals surface area (Å²) < 4.78 is 11.2. The minimum Gasteiger partial charge on any atom is -0.469 e. The summed E-state index contributed by atoms with van der Waals surface area (Å²) in [6, 6.07) is 14.3. The first kappa shape index (κ1) is 20.7. The fourth-order valence-electron chi connectivity index (χ4n) is 2.78. The molecule has 2 aromatic heterocycles. The zero-order valence-corrected chi connectivity index (χ0v) is 17.4. The molecule has 0 bridgehead atoms. The molecule has 0 amide bonds. The zero-order valence-electron chi connectivity index (χ0n) is 17.4. The third-order valence-electron chi connectivity index (χ3n) is 4.46. The van der Waals surface area contributed by atoms with Crippen LogP contribution in [0, 0.1) is 0 Å². The van der Waals surface area contributed by atoms with Crippen molar-refractivity contribution in [1.82, 2.24) is 15.6 Å². The van der Waals surface area contributed by atoms with Crippen LogP contribution in [-0.2, 0) is 24.8 Å². The molecule has 0 radical (unpaired) electrons. The normalized spacial score (nSPS) is 12.2. The number of nitrogens with one attached hydrogen (secondary N) is 2. The van der Waals surface area contributed by atoms with E-state index in [1.807, 2.05) is 18.2 Å². The van der Waals surface area contributed by atoms with E-state index in [9.17, 15) is 0 Å². The van der Waals surface area contributed by atoms with Crippen LogP contribution >= 0.6 is 0 Å². The van der Waals surface area contributed by atoms with Crippen LogP contribution in [0.3, 0.4) is 0 Å². The number of furan rings is 1. The molecule has 29 heavy (non-hydrogen) atoms. The average molecular weight is 395 g/mol. The second kappa shape index (κ2) is 9.96. The van der Waals surface area contributed by atoms with Gasteiger partial charge >= 0.3 is 0 Å². The van der Waals surface area contributed by atoms with E-state index in [0.717, 1.165) is 43.4 Å². The molecule has 0 atom stereocenters. The van der Waals surface area contributed by atoms with Gasteiger partial charge < -0.3 is 19.5 Å². The van der Waals surface area contributed by atoms with Gasteiger partial charge in [0.1, 0.15) is 18.1 Å². The lowest BCUT2D eigenvalue weighted by Crippen LogP contribution is -2.39. The number of oxazole rings is 1. The van der Waals surface area contributed by atoms with Crippen LogP contribution in [0.2, 0.25) is 0 Å². The fourth-order valence-corrected chi connectivity index (χ4v) is 2.78. The molecule has 2 N–H and O–H groups in total. The number of rotatable bonds is 8. The van der Waals surface area contributed by atoms with Crippen LogP contribution in [0.15, 0.2) is 68.8 Å². The molecule has 3 rings (SSSR count). The number of benzene rings is 1. The highest BCUT2D eigenvalue weighted by Gasteiger charge is 2.19. The van der Waals surface area contributed by atoms with Crippen molar-refractivity contribution in [2.75, 3.05) is 13.1 Å². The van der Waals surface area contributed by atoms with E-state index >= 15 is 0 Å². The van der Waals surface area contributed by atoms with Crippen LogP contribution in [0.5, 0.6) is 0 Å². The van der Waals surface area contributed by atoms with Gasteiger partial charge in [-0.25, -0.2) is 9.98 Å². The Kier molecular flexibility index (Phi) is 7.11. The topological polar surface area (TPSA) is 75.6 Å². The van der Waals surface area contributed by atoms with E-state index in [1.54, 1.807) is 12.5 Å². The van der Waals surface area contributed by atoms with E-state index in [4.69, 9.17) is 8.83 Å². The number of guanidine groups is 1. The van der Waals surface area contributed by atoms with Gasteiger partial charge in [0.15, 0.2) is 5.96 Å². The van der Waals surface area contributed by atoms with Crippen molar-refractivity contribution >= 4 is 5.96 Å². The number of nitrogens with zero attached hydrogens (tertiary/aromatic N) is 2. The molecule has 0 spiro atoms. The monoisotopic (exact) mass is 394 g/mol. The Morgan fingerprint density at radius 1 is 1.00 bits per heavy atom. The van der Waals surface area contributed by atoms with Crippen molar-refractivity contribution in [3.05, 3.63) is 77.9 Å². The molecule has 0 aliphatic carbocycles. The summed E-state index contributed by atoms with van der Waals surface area (Å²) in [5.74, 6) is 3.17. The van der Waals surface area contributed by atoms with Crippen LogP contribution in [0.4, 0.5) is 0 Å². The summed E-state index contributed by atoms with van der Waals surface area (Å²) in [6.45, 7) is 8.21. The largest absolute Gasteiger partial charge is 0.469 e. The number of aromatic nitrogens is 1. The van der Waals surface area contributed by atoms with Crippen LogP contribution in [-0.4, -0.2) is 24.0 Å². The molecule has 0 saturated carbocycles. The molecule has 6 nitrogen and oxygen atoms in total. The highest BCUT2D eigenvalue weighted by atomic mass is 16.4. The quantitative estimate of drug-likeness (QED) is 0.445. The van der Waals surface area contributed by atoms with Crippen LogP contribution < -0.4 is 10.6 Å². The lowest BCUT2D eigenvalue weighted by Gasteiger charge is -2.13. The van der Waals surface area contributed by atoms with E-state index in [2.05, 4.69) is 65.6 Å². The molecule has 154 valence electrons. The predicted octanol–water partition coefficient (Wildman–Crippen LogP) is 4.09. The van der Waals surface area contributed by atoms with E-state index in [0.29, 0.717) is 12.4 Å². The molecule has 0 fully saturated rings. The summed E-state index contributed by atoms with van der Waals surface area (Å²) in [5.41, 5.74) is 1.23. The van der Waals surface area contributed by atoms with Gasteiger partial charge in [0.2, 0.25) is 5.89 Å². The van der Waals surface area contributed by atoms with Gasteiger partial charge in [0, 0.05) is 24.9 Å². The van der Waals surface area contributed by atoms with Crippen molar-refractivity contribution in [2.24, 2.45) is 4.99 Å². The van der Waals surface area contributed by atoms with Crippen molar-refractivity contribution in [1.29, 1.82) is 0 Å². The SMILES string of the molecule is CC(C)(C)c1cnc(CN=C(NCCc2ccccc2)NCCc2ccco2)o1. The molecule has 0 aliphatic heterocycles. The molecule has 3 aromatic rings. The number of hydrogen-bond acceptors (Lipinski definition) is 4. The smallest absolute Gasteiger partial charge is 0.216 e. The van der Waals surface area contributed by atoms with E-state index < -0.39 is 0 Å². The maximum Gasteiger partial charge on any atom is 0.216 e. The standard InChI is InChI=1S/C23H30N4O2/c1-23(2,3)20-16-26-21(29-20)17-27-22(25-14-12-19-10-7-15-28-19)24-13-11-18-8-5-4-6-9-18/h4-10,15-16H,11-14,17H2,1-3H3,(H2,24,25,27). The van der Waals surface area contributed by atoms with Gasteiger partial charge in [-0.1, -0.05) is 51.1 Å².